The van der Waals surface area contributed by atoms with Crippen LogP contribution in [-0.2, 0) is 9.53 Å². The van der Waals surface area contributed by atoms with Gasteiger partial charge in [0.15, 0.2) is 0 Å². The van der Waals surface area contributed by atoms with Crippen molar-refractivity contribution in [3.63, 3.8) is 0 Å². The van der Waals surface area contributed by atoms with Gasteiger partial charge in [-0.1, -0.05) is 0 Å². The van der Waals surface area contributed by atoms with Crippen molar-refractivity contribution in [2.45, 2.75) is 24.8 Å². The maximum atomic E-state index is 12.6. The lowest BCUT2D eigenvalue weighted by molar-refractivity contribution is -0.164. The lowest BCUT2D eigenvalue weighted by Crippen LogP contribution is -2.45. The Morgan fingerprint density at radius 1 is 1.50 bits per heavy atom. The predicted octanol–water partition coefficient (Wildman–Crippen LogP) is 0.475. The van der Waals surface area contributed by atoms with E-state index in [4.69, 9.17) is 9.84 Å². The van der Waals surface area contributed by atoms with E-state index in [1.54, 1.807) is 0 Å². The third kappa shape index (κ3) is 3.19. The zero-order valence-corrected chi connectivity index (χ0v) is 7.63. The average molecular weight is 209 g/mol. The molecule has 0 atom stereocenters. The first kappa shape index (κ1) is 11.3. The summed E-state index contributed by atoms with van der Waals surface area (Å²) >= 11 is 0. The molecule has 0 amide bonds. The van der Waals surface area contributed by atoms with E-state index in [-0.39, 0.29) is 6.04 Å². The van der Waals surface area contributed by atoms with Gasteiger partial charge in [-0.2, -0.15) is 8.78 Å². The number of carbonyl (C=O) groups is 1. The number of nitrogens with one attached hydrogen (secondary N) is 1. The first-order valence-corrected chi connectivity index (χ1v) is 4.45. The number of rotatable bonds is 4. The van der Waals surface area contributed by atoms with Crippen molar-refractivity contribution >= 4 is 5.97 Å². The number of hydrogen-bond donors (Lipinski definition) is 2. The molecule has 0 unspecified atom stereocenters. The molecule has 0 aromatic heterocycles. The summed E-state index contributed by atoms with van der Waals surface area (Å²) in [6.45, 7) is 0.264. The first-order valence-electron chi connectivity index (χ1n) is 4.45. The second-order valence-electron chi connectivity index (χ2n) is 3.28. The highest BCUT2D eigenvalue weighted by molar-refractivity contribution is 5.75. The number of halogens is 2. The molecule has 1 heterocycles. The van der Waals surface area contributed by atoms with Gasteiger partial charge < -0.3 is 15.2 Å². The second kappa shape index (κ2) is 4.65. The third-order valence-electron chi connectivity index (χ3n) is 2.15. The summed E-state index contributed by atoms with van der Waals surface area (Å²) in [4.78, 5) is 10.1. The predicted molar refractivity (Wildman–Crippen MR) is 44.4 cm³/mol. The summed E-state index contributed by atoms with van der Waals surface area (Å²) in [5, 5.41) is 10.7. The molecule has 4 nitrogen and oxygen atoms in total. The van der Waals surface area contributed by atoms with Crippen LogP contribution in [0.3, 0.4) is 0 Å². The van der Waals surface area contributed by atoms with E-state index in [9.17, 15) is 13.6 Å². The summed E-state index contributed by atoms with van der Waals surface area (Å²) < 4.78 is 30.3. The van der Waals surface area contributed by atoms with Gasteiger partial charge in [0.05, 0.1) is 6.54 Å². The van der Waals surface area contributed by atoms with Crippen LogP contribution in [0.25, 0.3) is 0 Å². The molecule has 2 N–H and O–H groups in total. The largest absolute Gasteiger partial charge is 0.477 e. The highest BCUT2D eigenvalue weighted by Gasteiger charge is 2.38. The summed E-state index contributed by atoms with van der Waals surface area (Å²) in [6.07, 6.45) is 1.30. The Bertz CT molecular complexity index is 205. The molecular formula is C8H13F2NO3. The van der Waals surface area contributed by atoms with Crippen LogP contribution in [0.15, 0.2) is 0 Å². The molecule has 0 aliphatic carbocycles. The number of carboxylic acid groups (broad SMARTS) is 1. The van der Waals surface area contributed by atoms with E-state index in [1.807, 2.05) is 0 Å². The summed E-state index contributed by atoms with van der Waals surface area (Å²) in [7, 11) is 0. The fourth-order valence-electron chi connectivity index (χ4n) is 1.25. The van der Waals surface area contributed by atoms with Gasteiger partial charge in [-0.05, 0) is 12.8 Å². The fourth-order valence-corrected chi connectivity index (χ4v) is 1.25. The number of ether oxygens (including phenoxy) is 1. The molecule has 0 radical (unpaired) electrons. The first-order chi connectivity index (χ1) is 6.52. The quantitative estimate of drug-likeness (QED) is 0.706. The Morgan fingerprint density at radius 2 is 2.07 bits per heavy atom. The molecular weight excluding hydrogens is 196 g/mol. The highest BCUT2D eigenvalue weighted by atomic mass is 19.3. The maximum absolute atomic E-state index is 12.6. The molecule has 1 rings (SSSR count). The molecule has 1 fully saturated rings. The average Bonchev–Trinajstić information content (AvgIpc) is 2.16. The van der Waals surface area contributed by atoms with Crippen molar-refractivity contribution in [3.05, 3.63) is 0 Å². The monoisotopic (exact) mass is 209 g/mol. The molecule has 0 saturated carbocycles. The Balaban J connectivity index is 2.28. The Labute approximate surface area is 80.2 Å². The minimum absolute atomic E-state index is 0.0611. The van der Waals surface area contributed by atoms with Gasteiger partial charge in [0, 0.05) is 19.3 Å². The zero-order valence-electron chi connectivity index (χ0n) is 7.63. The van der Waals surface area contributed by atoms with Crippen molar-refractivity contribution in [1.29, 1.82) is 0 Å². The van der Waals surface area contributed by atoms with E-state index in [0.29, 0.717) is 26.1 Å². The maximum Gasteiger partial charge on any atom is 0.375 e. The van der Waals surface area contributed by atoms with Crippen molar-refractivity contribution < 1.29 is 23.4 Å². The third-order valence-corrected chi connectivity index (χ3v) is 2.15. The van der Waals surface area contributed by atoms with Crippen LogP contribution in [-0.4, -0.2) is 42.8 Å². The molecule has 0 spiro atoms. The van der Waals surface area contributed by atoms with Crippen LogP contribution in [0, 0.1) is 0 Å². The van der Waals surface area contributed by atoms with Crippen LogP contribution < -0.4 is 5.32 Å². The van der Waals surface area contributed by atoms with E-state index in [2.05, 4.69) is 5.32 Å². The molecule has 0 aromatic carbocycles. The summed E-state index contributed by atoms with van der Waals surface area (Å²) in [6, 6.07) is -0.0611. The van der Waals surface area contributed by atoms with Crippen LogP contribution in [0.1, 0.15) is 12.8 Å². The molecule has 6 heteroatoms. The van der Waals surface area contributed by atoms with Crippen LogP contribution >= 0.6 is 0 Å². The molecule has 1 aliphatic rings. The molecule has 1 aliphatic heterocycles. The lowest BCUT2D eigenvalue weighted by Gasteiger charge is -2.24. The van der Waals surface area contributed by atoms with Crippen LogP contribution in [0.4, 0.5) is 8.78 Å². The molecule has 1 saturated heterocycles. The van der Waals surface area contributed by atoms with Gasteiger partial charge in [0.2, 0.25) is 0 Å². The molecule has 0 bridgehead atoms. The van der Waals surface area contributed by atoms with Crippen molar-refractivity contribution in [1.82, 2.24) is 5.32 Å². The fraction of sp³-hybridized carbons (Fsp3) is 0.875. The topological polar surface area (TPSA) is 58.6 Å². The standard InChI is InChI=1S/C8H13F2NO3/c9-8(10,7(12)13)5-11-6-1-3-14-4-2-6/h6,11H,1-5H2,(H,12,13). The summed E-state index contributed by atoms with van der Waals surface area (Å²) in [5.41, 5.74) is 0. The van der Waals surface area contributed by atoms with Crippen LogP contribution in [0.2, 0.25) is 0 Å². The number of hydrogen-bond acceptors (Lipinski definition) is 3. The van der Waals surface area contributed by atoms with Gasteiger partial charge in [-0.25, -0.2) is 4.79 Å². The molecule has 82 valence electrons. The minimum Gasteiger partial charge on any atom is -0.477 e. The van der Waals surface area contributed by atoms with E-state index >= 15 is 0 Å². The van der Waals surface area contributed by atoms with Gasteiger partial charge in [-0.15, -0.1) is 0 Å². The summed E-state index contributed by atoms with van der Waals surface area (Å²) in [5.74, 6) is -5.77. The number of aliphatic carboxylic acids is 1. The van der Waals surface area contributed by atoms with Gasteiger partial charge in [0.1, 0.15) is 0 Å². The minimum atomic E-state index is -3.68. The SMILES string of the molecule is O=C(O)C(F)(F)CNC1CCOCC1. The van der Waals surface area contributed by atoms with E-state index < -0.39 is 18.4 Å². The Kier molecular flexibility index (Phi) is 3.77. The normalized spacial score (nSPS) is 19.6. The smallest absolute Gasteiger partial charge is 0.375 e. The van der Waals surface area contributed by atoms with Crippen molar-refractivity contribution in [3.8, 4) is 0 Å². The second-order valence-corrected chi connectivity index (χ2v) is 3.28. The van der Waals surface area contributed by atoms with Crippen molar-refractivity contribution in [2.75, 3.05) is 19.8 Å². The lowest BCUT2D eigenvalue weighted by atomic mass is 10.1. The molecule has 14 heavy (non-hydrogen) atoms. The van der Waals surface area contributed by atoms with E-state index in [0.717, 1.165) is 0 Å². The van der Waals surface area contributed by atoms with Gasteiger partial charge >= 0.3 is 11.9 Å². The van der Waals surface area contributed by atoms with Gasteiger partial charge in [-0.3, -0.25) is 0 Å². The Morgan fingerprint density at radius 3 is 2.57 bits per heavy atom. The van der Waals surface area contributed by atoms with Crippen molar-refractivity contribution in [2.24, 2.45) is 0 Å². The number of carboxylic acids is 1. The van der Waals surface area contributed by atoms with E-state index in [1.165, 1.54) is 0 Å². The Hall–Kier alpha value is -0.750. The van der Waals surface area contributed by atoms with Gasteiger partial charge in [0.25, 0.3) is 0 Å². The van der Waals surface area contributed by atoms with Crippen LogP contribution in [0.5, 0.6) is 0 Å². The zero-order chi connectivity index (χ0) is 10.6. The molecule has 0 aromatic rings. The number of alkyl halides is 2. The highest BCUT2D eigenvalue weighted by Crippen LogP contribution is 2.14.